The number of hydrogen-bond acceptors (Lipinski definition) is 3. The molecule has 0 amide bonds. The van der Waals surface area contributed by atoms with Gasteiger partial charge in [0.1, 0.15) is 11.3 Å². The summed E-state index contributed by atoms with van der Waals surface area (Å²) in [4.78, 5) is 11.0. The molecule has 1 aromatic heterocycles. The summed E-state index contributed by atoms with van der Waals surface area (Å²) in [6.07, 6.45) is 0. The van der Waals surface area contributed by atoms with Gasteiger partial charge in [0.05, 0.1) is 0 Å². The molecule has 0 radical (unpaired) electrons. The molecule has 0 aliphatic heterocycles. The van der Waals surface area contributed by atoms with Gasteiger partial charge in [-0.3, -0.25) is 0 Å². The van der Waals surface area contributed by atoms with Gasteiger partial charge in [-0.2, -0.15) is 0 Å². The van der Waals surface area contributed by atoms with Gasteiger partial charge >= 0.3 is 5.97 Å². The Morgan fingerprint density at radius 3 is 2.75 bits per heavy atom. The van der Waals surface area contributed by atoms with Crippen LogP contribution in [0.4, 0.5) is 0 Å². The van der Waals surface area contributed by atoms with E-state index >= 15 is 0 Å². The van der Waals surface area contributed by atoms with Gasteiger partial charge in [-0.1, -0.05) is 29.4 Å². The minimum absolute atomic E-state index is 0.101. The van der Waals surface area contributed by atoms with Gasteiger partial charge in [0.15, 0.2) is 0 Å². The molecule has 1 aromatic carbocycles. The predicted molar refractivity (Wildman–Crippen MR) is 58.6 cm³/mol. The van der Waals surface area contributed by atoms with Crippen molar-refractivity contribution in [2.75, 3.05) is 0 Å². The van der Waals surface area contributed by atoms with Crippen LogP contribution in [0.3, 0.4) is 0 Å². The highest BCUT2D eigenvalue weighted by molar-refractivity contribution is 6.32. The average Bonchev–Trinajstić information content (AvgIpc) is 2.61. The van der Waals surface area contributed by atoms with Crippen molar-refractivity contribution in [2.24, 2.45) is 0 Å². The molecule has 0 aliphatic rings. The quantitative estimate of drug-likeness (QED) is 0.872. The predicted octanol–water partition coefficient (Wildman–Crippen LogP) is 3.00. The third-order valence-electron chi connectivity index (χ3n) is 2.26. The summed E-state index contributed by atoms with van der Waals surface area (Å²) >= 11 is 5.63. The van der Waals surface area contributed by atoms with Crippen molar-refractivity contribution in [1.82, 2.24) is 5.16 Å². The normalized spacial score (nSPS) is 10.4. The van der Waals surface area contributed by atoms with Gasteiger partial charge in [-0.25, -0.2) is 4.79 Å². The lowest BCUT2D eigenvalue weighted by Crippen LogP contribution is -1.98. The lowest BCUT2D eigenvalue weighted by molar-refractivity contribution is 0.0697. The number of carboxylic acids is 1. The maximum atomic E-state index is 11.0. The summed E-state index contributed by atoms with van der Waals surface area (Å²) in [5.41, 5.74) is 1.78. The fourth-order valence-electron chi connectivity index (χ4n) is 1.48. The molecule has 0 saturated heterocycles. The Kier molecular flexibility index (Phi) is 2.66. The number of carboxylic acid groups (broad SMARTS) is 1. The van der Waals surface area contributed by atoms with E-state index in [2.05, 4.69) is 5.16 Å². The minimum Gasteiger partial charge on any atom is -0.477 e. The fourth-order valence-corrected chi connectivity index (χ4v) is 1.68. The van der Waals surface area contributed by atoms with Crippen LogP contribution in [-0.4, -0.2) is 16.2 Å². The van der Waals surface area contributed by atoms with Crippen molar-refractivity contribution in [3.8, 4) is 11.3 Å². The van der Waals surface area contributed by atoms with E-state index in [0.29, 0.717) is 5.56 Å². The van der Waals surface area contributed by atoms with Crippen LogP contribution in [0.2, 0.25) is 5.22 Å². The number of hydrogen-bond donors (Lipinski definition) is 1. The molecule has 0 fully saturated rings. The van der Waals surface area contributed by atoms with E-state index in [0.717, 1.165) is 5.56 Å². The number of aryl methyl sites for hydroxylation is 1. The second-order valence-electron chi connectivity index (χ2n) is 3.30. The SMILES string of the molecule is Cc1ccccc1-c1noc(Cl)c1C(=O)O. The van der Waals surface area contributed by atoms with Crippen molar-refractivity contribution in [2.45, 2.75) is 6.92 Å². The van der Waals surface area contributed by atoms with Gasteiger partial charge in [-0.05, 0) is 24.1 Å². The number of aromatic nitrogens is 1. The Morgan fingerprint density at radius 1 is 1.44 bits per heavy atom. The molecule has 1 heterocycles. The molecular weight excluding hydrogens is 230 g/mol. The Balaban J connectivity index is 2.66. The lowest BCUT2D eigenvalue weighted by Gasteiger charge is -2.01. The maximum absolute atomic E-state index is 11.0. The van der Waals surface area contributed by atoms with Gasteiger partial charge in [0.25, 0.3) is 0 Å². The van der Waals surface area contributed by atoms with Gasteiger partial charge < -0.3 is 9.63 Å². The first-order valence-corrected chi connectivity index (χ1v) is 4.93. The van der Waals surface area contributed by atoms with E-state index in [1.54, 1.807) is 12.1 Å². The molecule has 16 heavy (non-hydrogen) atoms. The first-order chi connectivity index (χ1) is 7.61. The summed E-state index contributed by atoms with van der Waals surface area (Å²) in [5.74, 6) is -1.15. The lowest BCUT2D eigenvalue weighted by atomic mass is 10.0. The minimum atomic E-state index is -1.15. The Hall–Kier alpha value is -1.81. The molecule has 82 valence electrons. The van der Waals surface area contributed by atoms with E-state index in [1.165, 1.54) is 0 Å². The van der Waals surface area contributed by atoms with E-state index < -0.39 is 5.97 Å². The second kappa shape index (κ2) is 3.98. The molecule has 0 saturated carbocycles. The van der Waals surface area contributed by atoms with Crippen LogP contribution in [-0.2, 0) is 0 Å². The van der Waals surface area contributed by atoms with E-state index in [4.69, 9.17) is 21.2 Å². The molecule has 0 atom stereocenters. The third-order valence-corrected chi connectivity index (χ3v) is 2.52. The van der Waals surface area contributed by atoms with Crippen molar-refractivity contribution < 1.29 is 14.4 Å². The molecule has 0 aliphatic carbocycles. The summed E-state index contributed by atoms with van der Waals surface area (Å²) in [6, 6.07) is 7.30. The molecule has 5 heteroatoms. The second-order valence-corrected chi connectivity index (χ2v) is 3.64. The van der Waals surface area contributed by atoms with Crippen molar-refractivity contribution in [3.63, 3.8) is 0 Å². The highest BCUT2D eigenvalue weighted by Gasteiger charge is 2.22. The number of nitrogens with zero attached hydrogens (tertiary/aromatic N) is 1. The van der Waals surface area contributed by atoms with Crippen molar-refractivity contribution in [1.29, 1.82) is 0 Å². The van der Waals surface area contributed by atoms with E-state index in [9.17, 15) is 4.79 Å². The summed E-state index contributed by atoms with van der Waals surface area (Å²) in [7, 11) is 0. The van der Waals surface area contributed by atoms with Crippen LogP contribution in [0.15, 0.2) is 28.8 Å². The van der Waals surface area contributed by atoms with E-state index in [-0.39, 0.29) is 16.5 Å². The summed E-state index contributed by atoms with van der Waals surface area (Å²) in [5, 5.41) is 12.5. The average molecular weight is 238 g/mol. The zero-order valence-corrected chi connectivity index (χ0v) is 9.15. The monoisotopic (exact) mass is 237 g/mol. The van der Waals surface area contributed by atoms with Gasteiger partial charge in [0, 0.05) is 5.56 Å². The zero-order valence-electron chi connectivity index (χ0n) is 8.40. The number of benzene rings is 1. The van der Waals surface area contributed by atoms with Crippen LogP contribution in [0.5, 0.6) is 0 Å². The third kappa shape index (κ3) is 1.67. The molecule has 0 bridgehead atoms. The highest BCUT2D eigenvalue weighted by Crippen LogP contribution is 2.30. The first kappa shape index (κ1) is 10.7. The maximum Gasteiger partial charge on any atom is 0.342 e. The highest BCUT2D eigenvalue weighted by atomic mass is 35.5. The molecule has 4 nitrogen and oxygen atoms in total. The van der Waals surface area contributed by atoms with Gasteiger partial charge in [-0.15, -0.1) is 0 Å². The molecular formula is C11H8ClNO3. The Morgan fingerprint density at radius 2 is 2.12 bits per heavy atom. The van der Waals surface area contributed by atoms with Crippen LogP contribution in [0.25, 0.3) is 11.3 Å². The first-order valence-electron chi connectivity index (χ1n) is 4.55. The zero-order chi connectivity index (χ0) is 11.7. The van der Waals surface area contributed by atoms with Crippen LogP contribution in [0, 0.1) is 6.92 Å². The summed E-state index contributed by atoms with van der Waals surface area (Å²) < 4.78 is 4.70. The molecule has 0 unspecified atom stereocenters. The van der Waals surface area contributed by atoms with Crippen LogP contribution in [0.1, 0.15) is 15.9 Å². The Bertz CT molecular complexity index is 548. The fraction of sp³-hybridized carbons (Fsp3) is 0.0909. The molecule has 0 spiro atoms. The van der Waals surface area contributed by atoms with Crippen LogP contribution >= 0.6 is 11.6 Å². The molecule has 2 rings (SSSR count). The number of rotatable bonds is 2. The standard InChI is InChI=1S/C11H8ClNO3/c1-6-4-2-3-5-7(6)9-8(11(14)15)10(12)16-13-9/h2-5H,1H3,(H,14,15). The smallest absolute Gasteiger partial charge is 0.342 e. The Labute approximate surface area is 96.4 Å². The molecule has 2 aromatic rings. The molecule has 1 N–H and O–H groups in total. The number of carbonyl (C=O) groups is 1. The summed E-state index contributed by atoms with van der Waals surface area (Å²) in [6.45, 7) is 1.86. The largest absolute Gasteiger partial charge is 0.477 e. The van der Waals surface area contributed by atoms with Gasteiger partial charge in [0.2, 0.25) is 5.22 Å². The van der Waals surface area contributed by atoms with Crippen molar-refractivity contribution >= 4 is 17.6 Å². The topological polar surface area (TPSA) is 63.3 Å². The van der Waals surface area contributed by atoms with Crippen LogP contribution < -0.4 is 0 Å². The van der Waals surface area contributed by atoms with Crippen molar-refractivity contribution in [3.05, 3.63) is 40.6 Å². The van der Waals surface area contributed by atoms with E-state index in [1.807, 2.05) is 19.1 Å². The number of halogens is 1. The number of aromatic carboxylic acids is 1.